The maximum atomic E-state index is 12.2. The van der Waals surface area contributed by atoms with Crippen LogP contribution in [0.5, 0.6) is 5.88 Å². The molecule has 1 aliphatic heterocycles. The lowest BCUT2D eigenvalue weighted by atomic mass is 10.1. The molecule has 2 unspecified atom stereocenters. The second kappa shape index (κ2) is 11.3. The van der Waals surface area contributed by atoms with Crippen LogP contribution in [0.1, 0.15) is 30.5 Å². The van der Waals surface area contributed by atoms with E-state index in [4.69, 9.17) is 4.74 Å². The van der Waals surface area contributed by atoms with Crippen LogP contribution in [-0.2, 0) is 24.4 Å². The summed E-state index contributed by atoms with van der Waals surface area (Å²) in [4.78, 5) is 18.4. The van der Waals surface area contributed by atoms with E-state index in [0.717, 1.165) is 30.8 Å². The molecule has 0 spiro atoms. The molecule has 2 aromatic rings. The predicted molar refractivity (Wildman–Crippen MR) is 117 cm³/mol. The van der Waals surface area contributed by atoms with Crippen molar-refractivity contribution in [2.45, 2.75) is 51.9 Å². The SMILES string of the molecule is CC1CN(Cc2ccccc2CNC(=O)NCc2ccc(OCC(F)(F)F)nc2)CC(C)O1. The predicted octanol–water partition coefficient (Wildman–Crippen LogP) is 3.63. The van der Waals surface area contributed by atoms with Gasteiger partial charge in [-0.3, -0.25) is 4.90 Å². The molecule has 3 rings (SSSR count). The van der Waals surface area contributed by atoms with Crippen molar-refractivity contribution in [1.29, 1.82) is 0 Å². The number of ether oxygens (including phenoxy) is 2. The number of hydrogen-bond acceptors (Lipinski definition) is 5. The van der Waals surface area contributed by atoms with Gasteiger partial charge in [0.2, 0.25) is 5.88 Å². The van der Waals surface area contributed by atoms with E-state index in [-0.39, 0.29) is 30.7 Å². The number of halogens is 3. The second-order valence-corrected chi connectivity index (χ2v) is 8.16. The molecule has 0 radical (unpaired) electrons. The van der Waals surface area contributed by atoms with Crippen LogP contribution in [0.2, 0.25) is 0 Å². The lowest BCUT2D eigenvalue weighted by Crippen LogP contribution is -2.45. The molecule has 0 saturated carbocycles. The molecule has 10 heteroatoms. The van der Waals surface area contributed by atoms with Crippen LogP contribution >= 0.6 is 0 Å². The van der Waals surface area contributed by atoms with Crippen LogP contribution in [0.25, 0.3) is 0 Å². The number of benzene rings is 1. The Balaban J connectivity index is 1.45. The van der Waals surface area contributed by atoms with Gasteiger partial charge in [-0.05, 0) is 30.5 Å². The Morgan fingerprint density at radius 1 is 1.09 bits per heavy atom. The molecule has 1 fully saturated rings. The number of urea groups is 1. The molecule has 1 aromatic heterocycles. The lowest BCUT2D eigenvalue weighted by Gasteiger charge is -2.35. The number of carbonyl (C=O) groups excluding carboxylic acids is 1. The molecule has 2 N–H and O–H groups in total. The maximum absolute atomic E-state index is 12.2. The summed E-state index contributed by atoms with van der Waals surface area (Å²) in [6.45, 7) is 5.81. The molecule has 180 valence electrons. The van der Waals surface area contributed by atoms with Crippen molar-refractivity contribution < 1.29 is 27.4 Å². The third-order valence-corrected chi connectivity index (χ3v) is 5.08. The average Bonchev–Trinajstić information content (AvgIpc) is 2.75. The van der Waals surface area contributed by atoms with Gasteiger partial charge in [-0.2, -0.15) is 13.2 Å². The first-order valence-corrected chi connectivity index (χ1v) is 10.8. The van der Waals surface area contributed by atoms with Crippen LogP contribution in [0.4, 0.5) is 18.0 Å². The van der Waals surface area contributed by atoms with Crippen molar-refractivity contribution in [3.63, 3.8) is 0 Å². The van der Waals surface area contributed by atoms with Gasteiger partial charge in [0.05, 0.1) is 12.2 Å². The number of morpholine rings is 1. The number of rotatable bonds is 8. The highest BCUT2D eigenvalue weighted by Gasteiger charge is 2.28. The Morgan fingerprint density at radius 2 is 1.76 bits per heavy atom. The van der Waals surface area contributed by atoms with E-state index in [1.165, 1.54) is 12.3 Å². The van der Waals surface area contributed by atoms with Gasteiger partial charge in [0.25, 0.3) is 0 Å². The Hall–Kier alpha value is -2.85. The third-order valence-electron chi connectivity index (χ3n) is 5.08. The van der Waals surface area contributed by atoms with Gasteiger partial charge >= 0.3 is 12.2 Å². The second-order valence-electron chi connectivity index (χ2n) is 8.16. The van der Waals surface area contributed by atoms with Gasteiger partial charge in [-0.25, -0.2) is 9.78 Å². The van der Waals surface area contributed by atoms with E-state index in [1.54, 1.807) is 6.07 Å². The maximum Gasteiger partial charge on any atom is 0.422 e. The van der Waals surface area contributed by atoms with Crippen molar-refractivity contribution in [2.24, 2.45) is 0 Å². The summed E-state index contributed by atoms with van der Waals surface area (Å²) in [5, 5.41) is 5.57. The summed E-state index contributed by atoms with van der Waals surface area (Å²) in [6.07, 6.45) is -2.68. The minimum Gasteiger partial charge on any atom is -0.468 e. The van der Waals surface area contributed by atoms with Crippen molar-refractivity contribution in [1.82, 2.24) is 20.5 Å². The molecule has 1 saturated heterocycles. The fourth-order valence-corrected chi connectivity index (χ4v) is 3.72. The summed E-state index contributed by atoms with van der Waals surface area (Å²) in [5.74, 6) is -0.124. The Morgan fingerprint density at radius 3 is 2.39 bits per heavy atom. The first-order valence-electron chi connectivity index (χ1n) is 10.8. The van der Waals surface area contributed by atoms with Crippen molar-refractivity contribution in [3.8, 4) is 5.88 Å². The standard InChI is InChI=1S/C23H29F3N4O3/c1-16-12-30(13-17(2)33-16)14-20-6-4-3-5-19(20)11-29-22(31)28-10-18-7-8-21(27-9-18)32-15-23(24,25)26/h3-9,16-17H,10-15H2,1-2H3,(H2,28,29,31). The molecule has 33 heavy (non-hydrogen) atoms. The molecule has 2 amide bonds. The van der Waals surface area contributed by atoms with E-state index in [9.17, 15) is 18.0 Å². The molecule has 1 aromatic carbocycles. The van der Waals surface area contributed by atoms with E-state index >= 15 is 0 Å². The smallest absolute Gasteiger partial charge is 0.422 e. The van der Waals surface area contributed by atoms with E-state index in [0.29, 0.717) is 12.1 Å². The minimum absolute atomic E-state index is 0.124. The zero-order valence-corrected chi connectivity index (χ0v) is 18.7. The number of amides is 2. The molecular weight excluding hydrogens is 437 g/mol. The van der Waals surface area contributed by atoms with Crippen molar-refractivity contribution in [3.05, 3.63) is 59.3 Å². The highest BCUT2D eigenvalue weighted by atomic mass is 19.4. The van der Waals surface area contributed by atoms with Crippen LogP contribution in [0.15, 0.2) is 42.6 Å². The molecule has 1 aliphatic rings. The molecule has 7 nitrogen and oxygen atoms in total. The number of carbonyl (C=O) groups is 1. The summed E-state index contributed by atoms with van der Waals surface area (Å²) >= 11 is 0. The highest BCUT2D eigenvalue weighted by Crippen LogP contribution is 2.18. The van der Waals surface area contributed by atoms with Crippen molar-refractivity contribution >= 4 is 6.03 Å². The minimum atomic E-state index is -4.42. The molecular formula is C23H29F3N4O3. The van der Waals surface area contributed by atoms with Crippen LogP contribution < -0.4 is 15.4 Å². The third kappa shape index (κ3) is 8.54. The Kier molecular flexibility index (Phi) is 8.51. The van der Waals surface area contributed by atoms with Crippen LogP contribution in [0, 0.1) is 0 Å². The number of hydrogen-bond donors (Lipinski definition) is 2. The first kappa shape index (κ1) is 24.8. The fraction of sp³-hybridized carbons (Fsp3) is 0.478. The normalized spacial score (nSPS) is 19.2. The van der Waals surface area contributed by atoms with E-state index in [1.807, 2.05) is 18.2 Å². The first-order chi connectivity index (χ1) is 15.7. The van der Waals surface area contributed by atoms with Gasteiger partial charge in [0.15, 0.2) is 6.61 Å². The molecule has 2 heterocycles. The number of nitrogens with zero attached hydrogens (tertiary/aromatic N) is 2. The summed E-state index contributed by atoms with van der Waals surface area (Å²) in [6, 6.07) is 10.5. The molecule has 0 aliphatic carbocycles. The number of nitrogens with one attached hydrogen (secondary N) is 2. The molecule has 0 bridgehead atoms. The topological polar surface area (TPSA) is 75.7 Å². The lowest BCUT2D eigenvalue weighted by molar-refractivity contribution is -0.154. The van der Waals surface area contributed by atoms with Crippen LogP contribution in [-0.4, -0.2) is 54.0 Å². The quantitative estimate of drug-likeness (QED) is 0.622. The van der Waals surface area contributed by atoms with Gasteiger partial charge in [-0.15, -0.1) is 0 Å². The highest BCUT2D eigenvalue weighted by molar-refractivity contribution is 5.73. The van der Waals surface area contributed by atoms with Gasteiger partial charge < -0.3 is 20.1 Å². The van der Waals surface area contributed by atoms with E-state index < -0.39 is 12.8 Å². The average molecular weight is 467 g/mol. The summed E-state index contributed by atoms with van der Waals surface area (Å²) in [7, 11) is 0. The Bertz CT molecular complexity index is 899. The van der Waals surface area contributed by atoms with Gasteiger partial charge in [-0.1, -0.05) is 30.3 Å². The summed E-state index contributed by atoms with van der Waals surface area (Å²) < 4.78 is 46.9. The molecule has 2 atom stereocenters. The zero-order valence-electron chi connectivity index (χ0n) is 18.7. The summed E-state index contributed by atoms with van der Waals surface area (Å²) in [5.41, 5.74) is 2.82. The largest absolute Gasteiger partial charge is 0.468 e. The zero-order chi connectivity index (χ0) is 23.8. The van der Waals surface area contributed by atoms with Gasteiger partial charge in [0.1, 0.15) is 0 Å². The number of alkyl halides is 3. The van der Waals surface area contributed by atoms with Crippen molar-refractivity contribution in [2.75, 3.05) is 19.7 Å². The number of pyridine rings is 1. The monoisotopic (exact) mass is 466 g/mol. The van der Waals surface area contributed by atoms with Crippen LogP contribution in [0.3, 0.4) is 0 Å². The number of aromatic nitrogens is 1. The van der Waals surface area contributed by atoms with E-state index in [2.05, 4.69) is 45.2 Å². The Labute approximate surface area is 191 Å². The fourth-order valence-electron chi connectivity index (χ4n) is 3.72. The van der Waals surface area contributed by atoms with Gasteiger partial charge in [0, 0.05) is 45.0 Å².